The lowest BCUT2D eigenvalue weighted by molar-refractivity contribution is -0.274. The quantitative estimate of drug-likeness (QED) is 0.763. The van der Waals surface area contributed by atoms with Gasteiger partial charge in [0.05, 0.1) is 16.9 Å². The monoisotopic (exact) mass is 422 g/mol. The molecule has 7 nitrogen and oxygen atoms in total. The number of hydrogen-bond donors (Lipinski definition) is 1. The van der Waals surface area contributed by atoms with Crippen LogP contribution in [0, 0.1) is 0 Å². The van der Waals surface area contributed by atoms with Crippen molar-refractivity contribution in [3.05, 3.63) is 54.1 Å². The molecule has 1 heterocycles. The summed E-state index contributed by atoms with van der Waals surface area (Å²) in [5.41, 5.74) is -0.388. The summed E-state index contributed by atoms with van der Waals surface area (Å²) in [5.74, 6) is -2.43. The maximum atomic E-state index is 12.8. The number of anilines is 2. The zero-order valence-corrected chi connectivity index (χ0v) is 15.9. The van der Waals surface area contributed by atoms with Gasteiger partial charge in [0, 0.05) is 0 Å². The van der Waals surface area contributed by atoms with Crippen molar-refractivity contribution in [1.82, 2.24) is 0 Å². The number of rotatable bonds is 4. The molecule has 1 aliphatic heterocycles. The largest absolute Gasteiger partial charge is 0.573 e. The molecule has 10 heteroatoms. The third kappa shape index (κ3) is 4.37. The number of amides is 2. The number of ether oxygens (including phenoxy) is 2. The van der Waals surface area contributed by atoms with Crippen LogP contribution in [-0.2, 0) is 14.3 Å². The fourth-order valence-electron chi connectivity index (χ4n) is 2.97. The average molecular weight is 422 g/mol. The van der Waals surface area contributed by atoms with Crippen molar-refractivity contribution < 1.29 is 37.0 Å². The standard InChI is InChI=1S/C20H17F3N2O5/c1-19(2)18(28)24-14-5-3-4-6-15(14)25(19)16(26)11-29-17(27)12-7-9-13(10-8-12)30-20(21,22)23/h3-10H,11H2,1-2H3,(H,24,28). The number of carbonyl (C=O) groups is 3. The van der Waals surface area contributed by atoms with E-state index in [1.54, 1.807) is 38.1 Å². The average Bonchev–Trinajstić information content (AvgIpc) is 2.66. The Morgan fingerprint density at radius 1 is 1.07 bits per heavy atom. The normalized spacial score (nSPS) is 15.1. The second-order valence-corrected chi connectivity index (χ2v) is 6.91. The lowest BCUT2D eigenvalue weighted by atomic mass is 9.96. The van der Waals surface area contributed by atoms with Crippen LogP contribution in [0.1, 0.15) is 24.2 Å². The van der Waals surface area contributed by atoms with E-state index in [0.29, 0.717) is 11.4 Å². The SMILES string of the molecule is CC1(C)C(=O)Nc2ccccc2N1C(=O)COC(=O)c1ccc(OC(F)(F)F)cc1. The minimum Gasteiger partial charge on any atom is -0.452 e. The van der Waals surface area contributed by atoms with Crippen LogP contribution in [0.25, 0.3) is 0 Å². The third-order valence-corrected chi connectivity index (χ3v) is 4.41. The number of halogens is 3. The van der Waals surface area contributed by atoms with Gasteiger partial charge in [-0.3, -0.25) is 14.5 Å². The number of nitrogens with one attached hydrogen (secondary N) is 1. The predicted octanol–water partition coefficient (Wildman–Crippen LogP) is 3.51. The summed E-state index contributed by atoms with van der Waals surface area (Å²) < 4.78 is 45.3. The molecule has 3 rings (SSSR count). The predicted molar refractivity (Wildman–Crippen MR) is 100 cm³/mol. The summed E-state index contributed by atoms with van der Waals surface area (Å²) in [5, 5.41) is 2.71. The molecular weight excluding hydrogens is 405 g/mol. The first-order chi connectivity index (χ1) is 14.0. The molecule has 1 N–H and O–H groups in total. The smallest absolute Gasteiger partial charge is 0.452 e. The Hall–Kier alpha value is -3.56. The summed E-state index contributed by atoms with van der Waals surface area (Å²) in [4.78, 5) is 38.6. The van der Waals surface area contributed by atoms with Crippen molar-refractivity contribution in [2.45, 2.75) is 25.7 Å². The Morgan fingerprint density at radius 2 is 1.70 bits per heavy atom. The van der Waals surface area contributed by atoms with Crippen molar-refractivity contribution in [3.8, 4) is 5.75 Å². The highest BCUT2D eigenvalue weighted by molar-refractivity contribution is 6.14. The van der Waals surface area contributed by atoms with E-state index >= 15 is 0 Å². The molecule has 158 valence electrons. The summed E-state index contributed by atoms with van der Waals surface area (Å²) in [7, 11) is 0. The molecule has 0 aromatic heterocycles. The van der Waals surface area contributed by atoms with Gasteiger partial charge in [0.25, 0.3) is 5.91 Å². The molecule has 0 saturated carbocycles. The van der Waals surface area contributed by atoms with Gasteiger partial charge >= 0.3 is 12.3 Å². The van der Waals surface area contributed by atoms with E-state index in [9.17, 15) is 27.6 Å². The van der Waals surface area contributed by atoms with Crippen LogP contribution in [-0.4, -0.2) is 36.3 Å². The first-order valence-corrected chi connectivity index (χ1v) is 8.75. The molecular formula is C20H17F3N2O5. The molecule has 0 atom stereocenters. The molecule has 30 heavy (non-hydrogen) atoms. The number of nitrogens with zero attached hydrogens (tertiary/aromatic N) is 1. The van der Waals surface area contributed by atoms with E-state index in [0.717, 1.165) is 24.3 Å². The van der Waals surface area contributed by atoms with Crippen LogP contribution in [0.4, 0.5) is 24.5 Å². The lowest BCUT2D eigenvalue weighted by Gasteiger charge is -2.41. The van der Waals surface area contributed by atoms with Crippen molar-refractivity contribution in [3.63, 3.8) is 0 Å². The van der Waals surface area contributed by atoms with Crippen LogP contribution < -0.4 is 15.0 Å². The van der Waals surface area contributed by atoms with Crippen LogP contribution in [0.15, 0.2) is 48.5 Å². The highest BCUT2D eigenvalue weighted by atomic mass is 19.4. The van der Waals surface area contributed by atoms with Gasteiger partial charge in [0.1, 0.15) is 11.3 Å². The van der Waals surface area contributed by atoms with E-state index in [4.69, 9.17) is 4.74 Å². The van der Waals surface area contributed by atoms with Gasteiger partial charge in [-0.15, -0.1) is 13.2 Å². The number of alkyl halides is 3. The van der Waals surface area contributed by atoms with Crippen molar-refractivity contribution >= 4 is 29.2 Å². The van der Waals surface area contributed by atoms with Crippen LogP contribution >= 0.6 is 0 Å². The van der Waals surface area contributed by atoms with E-state index in [1.165, 1.54) is 4.90 Å². The van der Waals surface area contributed by atoms with E-state index in [-0.39, 0.29) is 5.56 Å². The number of esters is 1. The minimum absolute atomic E-state index is 0.0617. The summed E-state index contributed by atoms with van der Waals surface area (Å²) in [6.45, 7) is 2.44. The number of para-hydroxylation sites is 2. The van der Waals surface area contributed by atoms with Crippen molar-refractivity contribution in [1.29, 1.82) is 0 Å². The number of benzene rings is 2. The van der Waals surface area contributed by atoms with Gasteiger partial charge < -0.3 is 14.8 Å². The second-order valence-electron chi connectivity index (χ2n) is 6.91. The number of hydrogen-bond acceptors (Lipinski definition) is 5. The molecule has 0 radical (unpaired) electrons. The molecule has 0 fully saturated rings. The summed E-state index contributed by atoms with van der Waals surface area (Å²) in [6.07, 6.45) is -4.85. The zero-order chi connectivity index (χ0) is 22.1. The van der Waals surface area contributed by atoms with Crippen LogP contribution in [0.3, 0.4) is 0 Å². The van der Waals surface area contributed by atoms with Crippen molar-refractivity contribution in [2.75, 3.05) is 16.8 Å². The Labute approximate surface area is 169 Å². The first kappa shape index (κ1) is 21.2. The molecule has 0 unspecified atom stereocenters. The minimum atomic E-state index is -4.85. The Kier molecular flexibility index (Phi) is 5.43. The second kappa shape index (κ2) is 7.69. The molecule has 0 saturated heterocycles. The Balaban J connectivity index is 1.70. The summed E-state index contributed by atoms with van der Waals surface area (Å²) >= 11 is 0. The lowest BCUT2D eigenvalue weighted by Crippen LogP contribution is -2.59. The van der Waals surface area contributed by atoms with Crippen LogP contribution in [0.2, 0.25) is 0 Å². The Morgan fingerprint density at radius 3 is 2.33 bits per heavy atom. The van der Waals surface area contributed by atoms with Gasteiger partial charge in [-0.25, -0.2) is 4.79 Å². The molecule has 2 amide bonds. The Bertz CT molecular complexity index is 987. The fraction of sp³-hybridized carbons (Fsp3) is 0.250. The molecule has 2 aromatic carbocycles. The number of fused-ring (bicyclic) bond motifs is 1. The van der Waals surface area contributed by atoms with E-state index in [2.05, 4.69) is 10.1 Å². The van der Waals surface area contributed by atoms with Gasteiger partial charge in [-0.1, -0.05) is 12.1 Å². The first-order valence-electron chi connectivity index (χ1n) is 8.75. The molecule has 0 aliphatic carbocycles. The topological polar surface area (TPSA) is 84.9 Å². The van der Waals surface area contributed by atoms with Gasteiger partial charge in [-0.2, -0.15) is 0 Å². The summed E-state index contributed by atoms with van der Waals surface area (Å²) in [6, 6.07) is 10.8. The van der Waals surface area contributed by atoms with Crippen molar-refractivity contribution in [2.24, 2.45) is 0 Å². The van der Waals surface area contributed by atoms with Crippen LogP contribution in [0.5, 0.6) is 5.75 Å². The molecule has 0 spiro atoms. The molecule has 1 aliphatic rings. The fourth-order valence-corrected chi connectivity index (χ4v) is 2.97. The third-order valence-electron chi connectivity index (χ3n) is 4.41. The highest BCUT2D eigenvalue weighted by Crippen LogP contribution is 2.36. The van der Waals surface area contributed by atoms with Gasteiger partial charge in [-0.05, 0) is 50.2 Å². The highest BCUT2D eigenvalue weighted by Gasteiger charge is 2.43. The maximum absolute atomic E-state index is 12.8. The maximum Gasteiger partial charge on any atom is 0.573 e. The number of carbonyl (C=O) groups excluding carboxylic acids is 3. The molecule has 0 bridgehead atoms. The zero-order valence-electron chi connectivity index (χ0n) is 15.9. The van der Waals surface area contributed by atoms with Gasteiger partial charge in [0.15, 0.2) is 6.61 Å². The van der Waals surface area contributed by atoms with E-state index < -0.39 is 42.0 Å². The van der Waals surface area contributed by atoms with E-state index in [1.807, 2.05) is 0 Å². The molecule has 2 aromatic rings. The van der Waals surface area contributed by atoms with Gasteiger partial charge in [0.2, 0.25) is 5.91 Å².